The summed E-state index contributed by atoms with van der Waals surface area (Å²) in [4.78, 5) is 27.8. The Morgan fingerprint density at radius 2 is 2.00 bits per heavy atom. The lowest BCUT2D eigenvalue weighted by Crippen LogP contribution is -2.41. The number of fused-ring (bicyclic) bond motifs is 1. The molecule has 1 aromatic heterocycles. The fourth-order valence-corrected chi connectivity index (χ4v) is 1.89. The van der Waals surface area contributed by atoms with Crippen LogP contribution in [0.15, 0.2) is 36.4 Å². The third-order valence-electron chi connectivity index (χ3n) is 3.03. The number of aromatic nitrogens is 1. The molecule has 104 valence electrons. The molecule has 0 unspecified atom stereocenters. The first-order chi connectivity index (χ1) is 9.65. The van der Waals surface area contributed by atoms with Gasteiger partial charge in [-0.3, -0.25) is 4.79 Å². The number of hydrogen-bond acceptors (Lipinski definition) is 4. The molecule has 20 heavy (non-hydrogen) atoms. The Morgan fingerprint density at radius 3 is 2.70 bits per heavy atom. The van der Waals surface area contributed by atoms with Crippen molar-refractivity contribution in [1.29, 1.82) is 0 Å². The number of benzene rings is 1. The van der Waals surface area contributed by atoms with Crippen LogP contribution in [0.4, 0.5) is 0 Å². The van der Waals surface area contributed by atoms with Crippen molar-refractivity contribution in [3.63, 3.8) is 0 Å². The summed E-state index contributed by atoms with van der Waals surface area (Å²) in [5.41, 5.74) is 1.03. The van der Waals surface area contributed by atoms with Crippen molar-refractivity contribution in [1.82, 2.24) is 10.3 Å². The van der Waals surface area contributed by atoms with Crippen LogP contribution in [0, 0.1) is 0 Å². The van der Waals surface area contributed by atoms with Gasteiger partial charge < -0.3 is 10.1 Å². The molecule has 0 radical (unpaired) electrons. The van der Waals surface area contributed by atoms with Crippen LogP contribution in [0.25, 0.3) is 10.9 Å². The molecule has 1 heterocycles. The quantitative estimate of drug-likeness (QED) is 0.863. The highest BCUT2D eigenvalue weighted by Crippen LogP contribution is 2.12. The van der Waals surface area contributed by atoms with Crippen LogP contribution in [-0.2, 0) is 9.53 Å². The number of carbonyl (C=O) groups excluding carboxylic acids is 2. The number of pyridine rings is 1. The number of nitrogens with zero attached hydrogens (tertiary/aromatic N) is 1. The molecule has 0 aliphatic carbocycles. The summed E-state index contributed by atoms with van der Waals surface area (Å²) in [7, 11) is 1.30. The van der Waals surface area contributed by atoms with Crippen molar-refractivity contribution < 1.29 is 14.3 Å². The van der Waals surface area contributed by atoms with Gasteiger partial charge in [0, 0.05) is 5.39 Å². The summed E-state index contributed by atoms with van der Waals surface area (Å²) in [5.74, 6) is -0.838. The van der Waals surface area contributed by atoms with E-state index in [1.165, 1.54) is 7.11 Å². The van der Waals surface area contributed by atoms with Crippen LogP contribution in [0.1, 0.15) is 23.8 Å². The van der Waals surface area contributed by atoms with Gasteiger partial charge in [0.2, 0.25) is 0 Å². The van der Waals surface area contributed by atoms with Gasteiger partial charge in [0.1, 0.15) is 11.7 Å². The lowest BCUT2D eigenvalue weighted by atomic mass is 10.2. The lowest BCUT2D eigenvalue weighted by Gasteiger charge is -2.14. The minimum Gasteiger partial charge on any atom is -0.467 e. The van der Waals surface area contributed by atoms with E-state index < -0.39 is 12.0 Å². The molecule has 1 aromatic carbocycles. The van der Waals surface area contributed by atoms with Crippen molar-refractivity contribution in [2.45, 2.75) is 19.4 Å². The minimum atomic E-state index is -0.652. The fourth-order valence-electron chi connectivity index (χ4n) is 1.89. The van der Waals surface area contributed by atoms with E-state index in [1.807, 2.05) is 30.3 Å². The number of rotatable bonds is 4. The van der Waals surface area contributed by atoms with Crippen molar-refractivity contribution in [2.24, 2.45) is 0 Å². The molecular weight excluding hydrogens is 256 g/mol. The summed E-state index contributed by atoms with van der Waals surface area (Å²) in [5, 5.41) is 3.58. The molecule has 5 nitrogen and oxygen atoms in total. The summed E-state index contributed by atoms with van der Waals surface area (Å²) in [6.45, 7) is 1.80. The summed E-state index contributed by atoms with van der Waals surface area (Å²) >= 11 is 0. The van der Waals surface area contributed by atoms with Gasteiger partial charge in [0.15, 0.2) is 0 Å². The number of amides is 1. The van der Waals surface area contributed by atoms with E-state index in [4.69, 9.17) is 0 Å². The zero-order chi connectivity index (χ0) is 14.5. The van der Waals surface area contributed by atoms with Crippen LogP contribution in [0.5, 0.6) is 0 Å². The Bertz CT molecular complexity index is 640. The number of ether oxygens (including phenoxy) is 1. The SMILES string of the molecule is CC[C@@H](NC(=O)c1ccc2ccccc2n1)C(=O)OC. The average molecular weight is 272 g/mol. The highest BCUT2D eigenvalue weighted by Gasteiger charge is 2.20. The second-order valence-electron chi connectivity index (χ2n) is 4.35. The minimum absolute atomic E-state index is 0.283. The molecular formula is C15H16N2O3. The molecule has 0 saturated heterocycles. The molecule has 0 spiro atoms. The molecule has 1 N–H and O–H groups in total. The predicted molar refractivity (Wildman–Crippen MR) is 75.3 cm³/mol. The molecule has 1 amide bonds. The molecule has 2 rings (SSSR count). The van der Waals surface area contributed by atoms with Crippen LogP contribution in [0.3, 0.4) is 0 Å². The Morgan fingerprint density at radius 1 is 1.25 bits per heavy atom. The first kappa shape index (κ1) is 14.0. The van der Waals surface area contributed by atoms with Crippen LogP contribution < -0.4 is 5.32 Å². The number of hydrogen-bond donors (Lipinski definition) is 1. The first-order valence-corrected chi connectivity index (χ1v) is 6.40. The van der Waals surface area contributed by atoms with Crippen molar-refractivity contribution >= 4 is 22.8 Å². The van der Waals surface area contributed by atoms with E-state index in [0.717, 1.165) is 10.9 Å². The van der Waals surface area contributed by atoms with Gasteiger partial charge in [-0.05, 0) is 18.6 Å². The number of esters is 1. The maximum absolute atomic E-state index is 12.1. The lowest BCUT2D eigenvalue weighted by molar-refractivity contribution is -0.142. The fraction of sp³-hybridized carbons (Fsp3) is 0.267. The van der Waals surface area contributed by atoms with Gasteiger partial charge in [-0.2, -0.15) is 0 Å². The van der Waals surface area contributed by atoms with Gasteiger partial charge in [-0.25, -0.2) is 9.78 Å². The monoisotopic (exact) mass is 272 g/mol. The van der Waals surface area contributed by atoms with Crippen LogP contribution in [0.2, 0.25) is 0 Å². The molecule has 1 atom stereocenters. The molecule has 0 bridgehead atoms. The second-order valence-corrected chi connectivity index (χ2v) is 4.35. The van der Waals surface area contributed by atoms with Crippen molar-refractivity contribution in [3.8, 4) is 0 Å². The van der Waals surface area contributed by atoms with Crippen LogP contribution >= 0.6 is 0 Å². The summed E-state index contributed by atoms with van der Waals surface area (Å²) < 4.78 is 4.64. The molecule has 5 heteroatoms. The highest BCUT2D eigenvalue weighted by molar-refractivity contribution is 5.97. The standard InChI is InChI=1S/C15H16N2O3/c1-3-11(15(19)20-2)17-14(18)13-9-8-10-6-4-5-7-12(10)16-13/h4-9,11H,3H2,1-2H3,(H,17,18)/t11-/m1/s1. The normalized spacial score (nSPS) is 11.9. The second kappa shape index (κ2) is 6.14. The maximum atomic E-state index is 12.1. The smallest absolute Gasteiger partial charge is 0.328 e. The van der Waals surface area contributed by atoms with Crippen molar-refractivity contribution in [2.75, 3.05) is 7.11 Å². The Balaban J connectivity index is 2.20. The van der Waals surface area contributed by atoms with Gasteiger partial charge in [0.05, 0.1) is 12.6 Å². The van der Waals surface area contributed by atoms with E-state index >= 15 is 0 Å². The third kappa shape index (κ3) is 2.93. The van der Waals surface area contributed by atoms with Gasteiger partial charge in [-0.15, -0.1) is 0 Å². The number of carbonyl (C=O) groups is 2. The Hall–Kier alpha value is -2.43. The average Bonchev–Trinajstić information content (AvgIpc) is 2.51. The Labute approximate surface area is 117 Å². The van der Waals surface area contributed by atoms with E-state index in [-0.39, 0.29) is 11.6 Å². The number of para-hydroxylation sites is 1. The maximum Gasteiger partial charge on any atom is 0.328 e. The predicted octanol–water partition coefficient (Wildman–Crippen LogP) is 1.92. The zero-order valence-corrected chi connectivity index (χ0v) is 11.4. The molecule has 2 aromatic rings. The van der Waals surface area contributed by atoms with E-state index in [2.05, 4.69) is 15.0 Å². The van der Waals surface area contributed by atoms with Crippen molar-refractivity contribution in [3.05, 3.63) is 42.1 Å². The summed E-state index contributed by atoms with van der Waals surface area (Å²) in [6, 6.07) is 10.4. The van der Waals surface area contributed by atoms with E-state index in [0.29, 0.717) is 6.42 Å². The molecule has 0 fully saturated rings. The van der Waals surface area contributed by atoms with E-state index in [1.54, 1.807) is 13.0 Å². The largest absolute Gasteiger partial charge is 0.467 e. The number of nitrogens with one attached hydrogen (secondary N) is 1. The van der Waals surface area contributed by atoms with Gasteiger partial charge in [-0.1, -0.05) is 31.2 Å². The first-order valence-electron chi connectivity index (χ1n) is 6.40. The highest BCUT2D eigenvalue weighted by atomic mass is 16.5. The van der Waals surface area contributed by atoms with Gasteiger partial charge in [0.25, 0.3) is 5.91 Å². The van der Waals surface area contributed by atoms with E-state index in [9.17, 15) is 9.59 Å². The number of methoxy groups -OCH3 is 1. The molecule has 0 aliphatic heterocycles. The van der Waals surface area contributed by atoms with Crippen LogP contribution in [-0.4, -0.2) is 30.0 Å². The Kier molecular flexibility index (Phi) is 4.30. The van der Waals surface area contributed by atoms with Gasteiger partial charge >= 0.3 is 5.97 Å². The third-order valence-corrected chi connectivity index (χ3v) is 3.03. The zero-order valence-electron chi connectivity index (χ0n) is 11.4. The topological polar surface area (TPSA) is 68.3 Å². The summed E-state index contributed by atoms with van der Waals surface area (Å²) in [6.07, 6.45) is 0.464. The molecule has 0 saturated carbocycles. The molecule has 0 aliphatic rings.